The quantitative estimate of drug-likeness (QED) is 0.245. The van der Waals surface area contributed by atoms with Crippen LogP contribution >= 0.6 is 0 Å². The average Bonchev–Trinajstić information content (AvgIpc) is 3.31. The molecule has 0 aromatic carbocycles. The second kappa shape index (κ2) is 11.1. The standard InChI is InChI=1S/C31H42O11/c1-10-23(36)41-25-16(4)13-31(42-20(8)35)24(25)27(39-18(6)33)30-14-37-29(9,28(31)40-19(7)34)26(30)21(15(2)3)11-12-22(30)38-17(5)32/h11-12,16,21-22,24-28H,2,10,13-14H2,1,3-9H3/t16-,21+,22+,24+,25-,26-,27+,28-,29-,30+,31+/m0/s1. The van der Waals surface area contributed by atoms with Crippen LogP contribution in [0.1, 0.15) is 68.2 Å². The number of rotatable bonds is 7. The van der Waals surface area contributed by atoms with Crippen molar-refractivity contribution in [1.29, 1.82) is 0 Å². The molecular weight excluding hydrogens is 548 g/mol. The van der Waals surface area contributed by atoms with Crippen LogP contribution in [0.3, 0.4) is 0 Å². The van der Waals surface area contributed by atoms with Crippen molar-refractivity contribution >= 4 is 29.8 Å². The maximum absolute atomic E-state index is 12.9. The molecule has 0 amide bonds. The van der Waals surface area contributed by atoms with Crippen LogP contribution in [0, 0.1) is 29.1 Å². The molecule has 0 aromatic heterocycles. The number of hydrogen-bond donors (Lipinski definition) is 0. The second-order valence-corrected chi connectivity index (χ2v) is 12.4. The van der Waals surface area contributed by atoms with Crippen LogP contribution in [0.2, 0.25) is 0 Å². The molecule has 0 unspecified atom stereocenters. The summed E-state index contributed by atoms with van der Waals surface area (Å²) in [5.74, 6) is -5.48. The summed E-state index contributed by atoms with van der Waals surface area (Å²) in [6.07, 6.45) is -0.449. The lowest BCUT2D eigenvalue weighted by Crippen LogP contribution is -2.64. The number of ether oxygens (including phenoxy) is 6. The first kappa shape index (κ1) is 31.7. The van der Waals surface area contributed by atoms with Gasteiger partial charge in [-0.2, -0.15) is 0 Å². The van der Waals surface area contributed by atoms with E-state index in [-0.39, 0.29) is 19.4 Å². The van der Waals surface area contributed by atoms with Crippen molar-refractivity contribution in [1.82, 2.24) is 0 Å². The predicted molar refractivity (Wildman–Crippen MR) is 146 cm³/mol. The summed E-state index contributed by atoms with van der Waals surface area (Å²) in [6, 6.07) is 0. The van der Waals surface area contributed by atoms with Gasteiger partial charge in [0.05, 0.1) is 17.9 Å². The van der Waals surface area contributed by atoms with Crippen molar-refractivity contribution < 1.29 is 52.4 Å². The maximum atomic E-state index is 12.9. The number of fused-ring (bicyclic) bond motifs is 1. The number of esters is 5. The van der Waals surface area contributed by atoms with E-state index in [2.05, 4.69) is 6.58 Å². The summed E-state index contributed by atoms with van der Waals surface area (Å²) in [5.41, 5.74) is -3.52. The number of hydrogen-bond acceptors (Lipinski definition) is 11. The molecule has 1 saturated heterocycles. The van der Waals surface area contributed by atoms with Gasteiger partial charge in [0, 0.05) is 46.0 Å². The Kier molecular flexibility index (Phi) is 8.41. The highest BCUT2D eigenvalue weighted by Crippen LogP contribution is 2.68. The van der Waals surface area contributed by atoms with Gasteiger partial charge >= 0.3 is 29.8 Å². The predicted octanol–water partition coefficient (Wildman–Crippen LogP) is 3.23. The lowest BCUT2D eigenvalue weighted by Gasteiger charge is -2.51. The van der Waals surface area contributed by atoms with E-state index in [9.17, 15) is 24.0 Å². The molecule has 1 aliphatic heterocycles. The molecule has 4 aliphatic rings. The van der Waals surface area contributed by atoms with Crippen molar-refractivity contribution in [2.45, 2.75) is 104 Å². The van der Waals surface area contributed by atoms with Gasteiger partial charge in [-0.15, -0.1) is 0 Å². The molecule has 11 atom stereocenters. The molecule has 11 heteroatoms. The fraction of sp³-hybridized carbons (Fsp3) is 0.710. The van der Waals surface area contributed by atoms with Crippen LogP contribution in [0.4, 0.5) is 0 Å². The van der Waals surface area contributed by atoms with E-state index >= 15 is 0 Å². The molecule has 4 rings (SSSR count). The average molecular weight is 591 g/mol. The van der Waals surface area contributed by atoms with Crippen molar-refractivity contribution in [2.24, 2.45) is 29.1 Å². The topological polar surface area (TPSA) is 141 Å². The van der Waals surface area contributed by atoms with Crippen LogP contribution in [0.25, 0.3) is 0 Å². The van der Waals surface area contributed by atoms with Gasteiger partial charge < -0.3 is 28.4 Å². The summed E-state index contributed by atoms with van der Waals surface area (Å²) < 4.78 is 37.1. The summed E-state index contributed by atoms with van der Waals surface area (Å²) in [7, 11) is 0. The van der Waals surface area contributed by atoms with Crippen LogP contribution < -0.4 is 0 Å². The number of allylic oxidation sites excluding steroid dienone is 2. The van der Waals surface area contributed by atoms with E-state index in [1.54, 1.807) is 19.9 Å². The fourth-order valence-electron chi connectivity index (χ4n) is 8.41. The maximum Gasteiger partial charge on any atom is 0.305 e. The first-order valence-electron chi connectivity index (χ1n) is 14.4. The summed E-state index contributed by atoms with van der Waals surface area (Å²) in [5, 5.41) is 0. The van der Waals surface area contributed by atoms with Gasteiger partial charge in [-0.05, 0) is 32.3 Å². The van der Waals surface area contributed by atoms with Crippen molar-refractivity contribution in [3.8, 4) is 0 Å². The Balaban J connectivity index is 2.15. The Morgan fingerprint density at radius 3 is 2.05 bits per heavy atom. The first-order chi connectivity index (χ1) is 19.5. The van der Waals surface area contributed by atoms with Crippen LogP contribution in [-0.4, -0.2) is 72.1 Å². The molecule has 3 aliphatic carbocycles. The SMILES string of the molecule is C=C(C)[C@H]1C=C[C@@H](OC(C)=O)[C@@]23CO[C@](C)([C@H](OC(C)=O)[C@@]4(OC(C)=O)C[C@H](C)[C@H](OC(=O)CC)[C@@H]4[C@H]2OC(C)=O)[C@H]13. The van der Waals surface area contributed by atoms with E-state index in [4.69, 9.17) is 28.4 Å². The molecule has 2 saturated carbocycles. The molecule has 2 bridgehead atoms. The Morgan fingerprint density at radius 2 is 1.52 bits per heavy atom. The third-order valence-corrected chi connectivity index (χ3v) is 9.48. The van der Waals surface area contributed by atoms with Gasteiger partial charge in [0.15, 0.2) is 11.7 Å². The molecule has 42 heavy (non-hydrogen) atoms. The molecule has 3 fully saturated rings. The third kappa shape index (κ3) is 4.83. The van der Waals surface area contributed by atoms with Gasteiger partial charge in [0.2, 0.25) is 0 Å². The van der Waals surface area contributed by atoms with Crippen LogP contribution in [0.5, 0.6) is 0 Å². The van der Waals surface area contributed by atoms with E-state index in [0.29, 0.717) is 0 Å². The Morgan fingerprint density at radius 1 is 0.905 bits per heavy atom. The molecule has 0 N–H and O–H groups in total. The molecule has 0 radical (unpaired) electrons. The van der Waals surface area contributed by atoms with Crippen molar-refractivity contribution in [2.75, 3.05) is 6.61 Å². The number of carbonyl (C=O) groups is 5. The molecule has 11 nitrogen and oxygen atoms in total. The van der Waals surface area contributed by atoms with Crippen molar-refractivity contribution in [3.05, 3.63) is 24.3 Å². The van der Waals surface area contributed by atoms with E-state index in [1.807, 2.05) is 19.9 Å². The van der Waals surface area contributed by atoms with E-state index < -0.39 is 94.6 Å². The zero-order chi connectivity index (χ0) is 31.4. The van der Waals surface area contributed by atoms with Gasteiger partial charge in [0.1, 0.15) is 23.9 Å². The number of carbonyl (C=O) groups excluding carboxylic acids is 5. The molecule has 232 valence electrons. The van der Waals surface area contributed by atoms with Gasteiger partial charge in [0.25, 0.3) is 0 Å². The fourth-order valence-corrected chi connectivity index (χ4v) is 8.41. The van der Waals surface area contributed by atoms with Gasteiger partial charge in [-0.3, -0.25) is 24.0 Å². The minimum Gasteiger partial charge on any atom is -0.461 e. The summed E-state index contributed by atoms with van der Waals surface area (Å²) in [6.45, 7) is 16.3. The highest BCUT2D eigenvalue weighted by Gasteiger charge is 2.82. The smallest absolute Gasteiger partial charge is 0.305 e. The Hall–Kier alpha value is -3.21. The molecule has 1 heterocycles. The highest BCUT2D eigenvalue weighted by atomic mass is 16.6. The second-order valence-electron chi connectivity index (χ2n) is 12.4. The lowest BCUT2D eigenvalue weighted by atomic mass is 9.55. The monoisotopic (exact) mass is 590 g/mol. The van der Waals surface area contributed by atoms with E-state index in [0.717, 1.165) is 5.57 Å². The highest BCUT2D eigenvalue weighted by molar-refractivity contribution is 5.71. The van der Waals surface area contributed by atoms with Crippen LogP contribution in [-0.2, 0) is 52.4 Å². The van der Waals surface area contributed by atoms with Gasteiger partial charge in [-0.1, -0.05) is 32.1 Å². The minimum absolute atomic E-state index is 0.0641. The summed E-state index contributed by atoms with van der Waals surface area (Å²) in [4.78, 5) is 63.9. The zero-order valence-corrected chi connectivity index (χ0v) is 25.6. The Bertz CT molecular complexity index is 1210. The minimum atomic E-state index is -1.64. The zero-order valence-electron chi connectivity index (χ0n) is 25.6. The van der Waals surface area contributed by atoms with Crippen molar-refractivity contribution in [3.63, 3.8) is 0 Å². The lowest BCUT2D eigenvalue weighted by molar-refractivity contribution is -0.246. The van der Waals surface area contributed by atoms with E-state index in [1.165, 1.54) is 27.7 Å². The first-order valence-corrected chi connectivity index (χ1v) is 14.4. The van der Waals surface area contributed by atoms with Crippen LogP contribution in [0.15, 0.2) is 24.3 Å². The Labute approximate surface area is 246 Å². The molecule has 0 aromatic rings. The third-order valence-electron chi connectivity index (χ3n) is 9.48. The molecule has 0 spiro atoms. The summed E-state index contributed by atoms with van der Waals surface area (Å²) >= 11 is 0. The van der Waals surface area contributed by atoms with Gasteiger partial charge in [-0.25, -0.2) is 0 Å². The normalized spacial score (nSPS) is 41.4. The molecular formula is C31H42O11. The largest absolute Gasteiger partial charge is 0.461 e.